The molecule has 11 rings (SSSR count). The fraction of sp³-hybridized carbons (Fsp3) is 0.519. The number of Topliss-reactive ketones (excluding diaryl/α,β-unsaturated/α-hetero) is 2. The molecule has 113 heavy (non-hydrogen) atoms. The van der Waals surface area contributed by atoms with Gasteiger partial charge in [-0.05, 0) is 142 Å². The summed E-state index contributed by atoms with van der Waals surface area (Å²) < 4.78 is 27.0. The molecule has 8 bridgehead atoms. The number of ketones is 2. The van der Waals surface area contributed by atoms with Crippen molar-refractivity contribution < 1.29 is 76.5 Å². The molecule has 2 saturated heterocycles. The quantitative estimate of drug-likeness (QED) is 0.0453. The average Bonchev–Trinajstić information content (AvgIpc) is 1.72. The first-order valence-electron chi connectivity index (χ1n) is 38.4. The number of nitrogens with one attached hydrogen (secondary N) is 8. The second-order valence-electron chi connectivity index (χ2n) is 30.3. The predicted molar refractivity (Wildman–Crippen MR) is 408 cm³/mol. The van der Waals surface area contributed by atoms with Crippen molar-refractivity contribution in [1.82, 2.24) is 92.7 Å². The third-order valence-corrected chi connectivity index (χ3v) is 19.2. The van der Waals surface area contributed by atoms with Gasteiger partial charge in [-0.25, -0.2) is 9.36 Å². The molecule has 4 aromatic carbocycles. The topological polar surface area (TPSA) is 432 Å². The molecule has 4 unspecified atom stereocenters. The summed E-state index contributed by atoms with van der Waals surface area (Å²) in [7, 11) is 0. The highest BCUT2D eigenvalue weighted by Crippen LogP contribution is 2.29. The van der Waals surface area contributed by atoms with Crippen molar-refractivity contribution in [2.45, 2.75) is 211 Å². The number of hydrogen-bond acceptors (Lipinski definition) is 22. The monoisotopic (exact) mass is 1560 g/mol. The molecule has 10 amide bonds. The van der Waals surface area contributed by atoms with E-state index in [1.54, 1.807) is 61.3 Å². The van der Waals surface area contributed by atoms with Crippen LogP contribution in [0.15, 0.2) is 109 Å². The number of rotatable bonds is 22. The van der Waals surface area contributed by atoms with Gasteiger partial charge in [-0.1, -0.05) is 112 Å². The standard InChI is InChI=1S/C40H53N9O8.C39H51N9O8/c1-6-11-30(35(52)38(54)41-23-33(51)44-34(27-12-8-7-9-13-27)36-45-46-47-49(36)40(3,4)5)43-37(53)31-22-29-24-48(31)39(55)25(2)42-32(50)19-16-26-14-17-28(18-15-26)56-20-10-21-57-29;1-6-12-29(34(51)37(53)40-22-32(50)43-33(26-14-8-7-9-15-26)35-44-45-46-48(35)39(3,4)5)42-36(52)30-21-28-23-47(30)38(54)24(2)41-31(49)20-25-13-10-16-27(19-25)55-17-11-18-56-28/h7-9,12-15,17-18,25,29-31,34H,6,10-11,16,19-24H2,1-5H3,(H,41,54)(H,42,50)(H,43,53)(H,44,51);7-10,13-16,19,24,28-30,33H,6,11-12,17-18,20-23H2,1-5H3,(H,40,53)(H,41,49)(H,42,52)(H,43,50)/t25-,29+,30?,31-,34?;24-,28+,29?,30-,33?/m00/s1. The van der Waals surface area contributed by atoms with Gasteiger partial charge in [0.25, 0.3) is 11.8 Å². The Labute approximate surface area is 655 Å². The van der Waals surface area contributed by atoms with Crippen LogP contribution in [0.5, 0.6) is 11.5 Å². The van der Waals surface area contributed by atoms with E-state index in [1.165, 1.54) is 9.80 Å². The number of amides is 10. The summed E-state index contributed by atoms with van der Waals surface area (Å²) >= 11 is 0. The number of nitrogens with zero attached hydrogens (tertiary/aromatic N) is 10. The van der Waals surface area contributed by atoms with Crippen molar-refractivity contribution in [2.75, 3.05) is 52.6 Å². The number of carbonyl (C=O) groups is 12. The summed E-state index contributed by atoms with van der Waals surface area (Å²) in [5.74, 6) is -6.06. The van der Waals surface area contributed by atoms with Crippen LogP contribution < -0.4 is 52.0 Å². The molecular formula is C79H104N18O16. The molecule has 2 aromatic heterocycles. The summed E-state index contributed by atoms with van der Waals surface area (Å²) in [6, 6.07) is 24.9. The van der Waals surface area contributed by atoms with E-state index in [1.807, 2.05) is 126 Å². The molecule has 5 aliphatic rings. The van der Waals surface area contributed by atoms with Crippen molar-refractivity contribution in [3.05, 3.63) is 143 Å². The lowest BCUT2D eigenvalue weighted by Gasteiger charge is -2.28. The number of tetrazole rings is 2. The minimum Gasteiger partial charge on any atom is -0.494 e. The highest BCUT2D eigenvalue weighted by atomic mass is 16.5. The molecule has 0 aliphatic carbocycles. The van der Waals surface area contributed by atoms with Crippen molar-refractivity contribution >= 4 is 70.6 Å². The van der Waals surface area contributed by atoms with Crippen molar-refractivity contribution in [3.63, 3.8) is 0 Å². The van der Waals surface area contributed by atoms with Crippen molar-refractivity contribution in [1.29, 1.82) is 0 Å². The summed E-state index contributed by atoms with van der Waals surface area (Å²) in [4.78, 5) is 163. The Balaban J connectivity index is 0.000000259. The fourth-order valence-electron chi connectivity index (χ4n) is 13.5. The molecule has 7 heterocycles. The molecule has 10 atom stereocenters. The molecule has 0 radical (unpaired) electrons. The van der Waals surface area contributed by atoms with Crippen LogP contribution in [0.1, 0.15) is 173 Å². The molecule has 0 spiro atoms. The van der Waals surface area contributed by atoms with Crippen LogP contribution >= 0.6 is 0 Å². The molecule has 606 valence electrons. The van der Waals surface area contributed by atoms with E-state index in [9.17, 15) is 57.5 Å². The molecular weight excluding hydrogens is 1460 g/mol. The first kappa shape index (κ1) is 85.6. The number of carbonyl (C=O) groups excluding carboxylic acids is 12. The maximum absolute atomic E-state index is 13.9. The van der Waals surface area contributed by atoms with E-state index in [-0.39, 0.29) is 63.4 Å². The maximum Gasteiger partial charge on any atom is 0.290 e. The Morgan fingerprint density at radius 1 is 0.513 bits per heavy atom. The van der Waals surface area contributed by atoms with Gasteiger partial charge in [0.05, 0.1) is 81.3 Å². The van der Waals surface area contributed by atoms with Gasteiger partial charge in [-0.3, -0.25) is 57.5 Å². The lowest BCUT2D eigenvalue weighted by molar-refractivity contribution is -0.143. The van der Waals surface area contributed by atoms with E-state index in [4.69, 9.17) is 18.9 Å². The zero-order valence-electron chi connectivity index (χ0n) is 65.6. The van der Waals surface area contributed by atoms with Crippen LogP contribution in [-0.2, 0) is 90.9 Å². The van der Waals surface area contributed by atoms with Crippen LogP contribution in [0, 0.1) is 0 Å². The van der Waals surface area contributed by atoms with Gasteiger partial charge < -0.3 is 71.3 Å². The molecule has 34 nitrogen and oxygen atoms in total. The maximum atomic E-state index is 13.9. The first-order valence-corrected chi connectivity index (χ1v) is 38.4. The number of fused-ring (bicyclic) bond motifs is 15. The predicted octanol–water partition coefficient (Wildman–Crippen LogP) is 2.63. The summed E-state index contributed by atoms with van der Waals surface area (Å²) in [6.07, 6.45) is 2.19. The summed E-state index contributed by atoms with van der Waals surface area (Å²) in [5.41, 5.74) is 2.05. The number of aromatic nitrogens is 8. The Kier molecular flexibility index (Phi) is 30.4. The molecule has 6 aromatic rings. The number of hydrogen-bond donors (Lipinski definition) is 8. The zero-order valence-corrected chi connectivity index (χ0v) is 65.6. The van der Waals surface area contributed by atoms with E-state index in [0.29, 0.717) is 98.4 Å². The minimum absolute atomic E-state index is 0.0279. The van der Waals surface area contributed by atoms with Crippen LogP contribution in [0.4, 0.5) is 0 Å². The van der Waals surface area contributed by atoms with Crippen LogP contribution in [0.3, 0.4) is 0 Å². The lowest BCUT2D eigenvalue weighted by Crippen LogP contribution is -2.56. The molecule has 34 heteroatoms. The third kappa shape index (κ3) is 24.1. The lowest BCUT2D eigenvalue weighted by atomic mass is 10.0. The van der Waals surface area contributed by atoms with Crippen LogP contribution in [0.25, 0.3) is 0 Å². The molecule has 2 fully saturated rings. The Hall–Kier alpha value is -11.4. The van der Waals surface area contributed by atoms with Gasteiger partial charge >= 0.3 is 0 Å². The summed E-state index contributed by atoms with van der Waals surface area (Å²) in [6.45, 7) is 18.7. The highest BCUT2D eigenvalue weighted by Gasteiger charge is 2.45. The van der Waals surface area contributed by atoms with E-state index >= 15 is 0 Å². The average molecular weight is 1560 g/mol. The van der Waals surface area contributed by atoms with Crippen molar-refractivity contribution in [2.24, 2.45) is 0 Å². The number of ether oxygens (including phenoxy) is 4. The van der Waals surface area contributed by atoms with E-state index in [0.717, 1.165) is 5.56 Å². The molecule has 5 aliphatic heterocycles. The van der Waals surface area contributed by atoms with E-state index < -0.39 is 144 Å². The van der Waals surface area contributed by atoms with Gasteiger partial charge in [0, 0.05) is 45.2 Å². The molecule has 8 N–H and O–H groups in total. The van der Waals surface area contributed by atoms with Gasteiger partial charge in [-0.15, -0.1) is 10.2 Å². The molecule has 0 saturated carbocycles. The second-order valence-corrected chi connectivity index (χ2v) is 30.3. The van der Waals surface area contributed by atoms with Gasteiger partial charge in [-0.2, -0.15) is 0 Å². The Bertz CT molecular complexity index is 4300. The minimum atomic E-state index is -1.23. The Morgan fingerprint density at radius 3 is 1.40 bits per heavy atom. The second kappa shape index (κ2) is 40.2. The third-order valence-electron chi connectivity index (χ3n) is 19.2. The van der Waals surface area contributed by atoms with E-state index in [2.05, 4.69) is 73.6 Å². The van der Waals surface area contributed by atoms with Crippen LogP contribution in [0.2, 0.25) is 0 Å². The normalized spacial score (nSPS) is 20.3. The SMILES string of the molecule is CCCC(NC(=O)[C@@H]1C[C@@H]2CN1C(=O)[C@H](C)NC(=O)CCc1ccc(cc1)OCCCO2)C(=O)C(=O)NCC(=O)NC(c1ccccc1)c1nnnn1C(C)(C)C.CCCC(NC(=O)[C@@H]1C[C@@H]2CN1C(=O)[C@H](C)NC(=O)Cc1cccc(c1)OCCCO2)C(=O)C(=O)NCC(=O)NC(c1ccccc1)c1nnnn1C(C)(C)C. The van der Waals surface area contributed by atoms with Crippen LogP contribution in [-0.4, -0.2) is 222 Å². The largest absolute Gasteiger partial charge is 0.494 e. The highest BCUT2D eigenvalue weighted by molar-refractivity contribution is 6.39. The Morgan fingerprint density at radius 2 is 0.956 bits per heavy atom. The smallest absolute Gasteiger partial charge is 0.290 e. The fourth-order valence-corrected chi connectivity index (χ4v) is 13.5. The van der Waals surface area contributed by atoms with Gasteiger partial charge in [0.15, 0.2) is 11.6 Å². The summed E-state index contributed by atoms with van der Waals surface area (Å²) in [5, 5.41) is 45.5. The number of aryl methyl sites for hydroxylation is 1. The number of benzene rings is 4. The van der Waals surface area contributed by atoms with Gasteiger partial charge in [0.2, 0.25) is 58.8 Å². The van der Waals surface area contributed by atoms with Crippen molar-refractivity contribution in [3.8, 4) is 11.5 Å². The zero-order chi connectivity index (χ0) is 81.5. The first-order chi connectivity index (χ1) is 54.0. The van der Waals surface area contributed by atoms with Gasteiger partial charge in [0.1, 0.15) is 47.8 Å².